The number of amides is 2. The number of aryl methyl sites for hydroxylation is 1. The highest BCUT2D eigenvalue weighted by molar-refractivity contribution is 5.87. The van der Waals surface area contributed by atoms with Crippen LogP contribution in [0.5, 0.6) is 0 Å². The average Bonchev–Trinajstić information content (AvgIpc) is 3.08. The fourth-order valence-corrected chi connectivity index (χ4v) is 2.52. The molecule has 2 aromatic rings. The Labute approximate surface area is 116 Å². The van der Waals surface area contributed by atoms with Crippen molar-refractivity contribution in [1.29, 1.82) is 0 Å². The van der Waals surface area contributed by atoms with Gasteiger partial charge in [0.05, 0.1) is 0 Å². The average molecular weight is 275 g/mol. The summed E-state index contributed by atoms with van der Waals surface area (Å²) in [6.07, 6.45) is 7.24. The Kier molecular flexibility index (Phi) is 3.41. The molecule has 0 saturated heterocycles. The second-order valence-electron chi connectivity index (χ2n) is 5.09. The van der Waals surface area contributed by atoms with Gasteiger partial charge >= 0.3 is 6.03 Å². The fraction of sp³-hybridized carbons (Fsp3) is 0.462. The van der Waals surface area contributed by atoms with Crippen molar-refractivity contribution in [2.75, 3.05) is 18.9 Å². The summed E-state index contributed by atoms with van der Waals surface area (Å²) >= 11 is 0. The lowest BCUT2D eigenvalue weighted by molar-refractivity contribution is 0.207. The van der Waals surface area contributed by atoms with E-state index in [2.05, 4.69) is 24.5 Å². The Balaban J connectivity index is 1.54. The zero-order valence-corrected chi connectivity index (χ0v) is 11.3. The second-order valence-corrected chi connectivity index (χ2v) is 5.09. The van der Waals surface area contributed by atoms with Crippen molar-refractivity contribution in [3.63, 3.8) is 0 Å². The molecule has 2 amide bonds. The van der Waals surface area contributed by atoms with Crippen molar-refractivity contribution < 1.29 is 9.32 Å². The number of aromatic nitrogens is 3. The van der Waals surface area contributed by atoms with Gasteiger partial charge in [-0.3, -0.25) is 5.32 Å². The predicted octanol–water partition coefficient (Wildman–Crippen LogP) is 1.60. The van der Waals surface area contributed by atoms with Crippen LogP contribution in [0.3, 0.4) is 0 Å². The molecule has 0 aliphatic carbocycles. The van der Waals surface area contributed by atoms with Gasteiger partial charge in [-0.25, -0.2) is 9.78 Å². The standard InChI is InChI=1S/C13H17N5O2/c1-17(13(19)15-11-3-7-20-16-11)9-10-2-5-18-6-4-14-12(18)8-10/h3-4,6-7,10H,2,5,8-9H2,1H3,(H,15,16,19). The summed E-state index contributed by atoms with van der Waals surface area (Å²) < 4.78 is 6.85. The van der Waals surface area contributed by atoms with E-state index in [1.807, 2.05) is 12.4 Å². The number of fused-ring (bicyclic) bond motifs is 1. The topological polar surface area (TPSA) is 76.2 Å². The van der Waals surface area contributed by atoms with Crippen LogP contribution >= 0.6 is 0 Å². The molecule has 20 heavy (non-hydrogen) atoms. The Morgan fingerprint density at radius 2 is 2.55 bits per heavy atom. The van der Waals surface area contributed by atoms with Gasteiger partial charge in [0, 0.05) is 45.0 Å². The SMILES string of the molecule is CN(CC1CCn2ccnc2C1)C(=O)Nc1ccon1. The van der Waals surface area contributed by atoms with E-state index in [0.29, 0.717) is 18.3 Å². The Hall–Kier alpha value is -2.31. The van der Waals surface area contributed by atoms with Gasteiger partial charge in [-0.05, 0) is 12.3 Å². The molecule has 0 bridgehead atoms. The second kappa shape index (κ2) is 5.36. The predicted molar refractivity (Wildman–Crippen MR) is 72.2 cm³/mol. The highest BCUT2D eigenvalue weighted by Crippen LogP contribution is 2.20. The van der Waals surface area contributed by atoms with Crippen molar-refractivity contribution in [2.24, 2.45) is 5.92 Å². The molecule has 106 valence electrons. The highest BCUT2D eigenvalue weighted by atomic mass is 16.5. The number of imidazole rings is 1. The van der Waals surface area contributed by atoms with Crippen LogP contribution in [0.15, 0.2) is 29.2 Å². The summed E-state index contributed by atoms with van der Waals surface area (Å²) in [6, 6.07) is 1.44. The first-order valence-electron chi connectivity index (χ1n) is 6.65. The van der Waals surface area contributed by atoms with Crippen LogP contribution in [-0.4, -0.2) is 39.2 Å². The Bertz CT molecular complexity index is 577. The quantitative estimate of drug-likeness (QED) is 0.923. The molecule has 2 aromatic heterocycles. The first-order chi connectivity index (χ1) is 9.72. The monoisotopic (exact) mass is 275 g/mol. The normalized spacial score (nSPS) is 17.6. The van der Waals surface area contributed by atoms with Crippen LogP contribution in [0.2, 0.25) is 0 Å². The molecule has 0 aromatic carbocycles. The summed E-state index contributed by atoms with van der Waals surface area (Å²) in [4.78, 5) is 18.0. The van der Waals surface area contributed by atoms with Gasteiger partial charge in [0.2, 0.25) is 0 Å². The van der Waals surface area contributed by atoms with Crippen LogP contribution < -0.4 is 5.32 Å². The van der Waals surface area contributed by atoms with E-state index < -0.39 is 0 Å². The number of nitrogens with one attached hydrogen (secondary N) is 1. The van der Waals surface area contributed by atoms with E-state index in [1.54, 1.807) is 18.0 Å². The van der Waals surface area contributed by atoms with Gasteiger partial charge in [-0.1, -0.05) is 5.16 Å². The van der Waals surface area contributed by atoms with E-state index in [0.717, 1.165) is 25.2 Å². The Morgan fingerprint density at radius 3 is 3.35 bits per heavy atom. The number of hydrogen-bond donors (Lipinski definition) is 1. The van der Waals surface area contributed by atoms with Gasteiger partial charge in [0.15, 0.2) is 5.82 Å². The number of urea groups is 1. The number of carbonyl (C=O) groups is 1. The third-order valence-electron chi connectivity index (χ3n) is 3.60. The minimum atomic E-state index is -0.173. The molecule has 3 rings (SSSR count). The van der Waals surface area contributed by atoms with Crippen LogP contribution in [0, 0.1) is 5.92 Å². The van der Waals surface area contributed by atoms with Crippen LogP contribution in [0.1, 0.15) is 12.2 Å². The molecule has 1 atom stereocenters. The van der Waals surface area contributed by atoms with E-state index >= 15 is 0 Å². The molecule has 1 N–H and O–H groups in total. The number of nitrogens with zero attached hydrogens (tertiary/aromatic N) is 4. The zero-order chi connectivity index (χ0) is 13.9. The van der Waals surface area contributed by atoms with Crippen LogP contribution in [-0.2, 0) is 13.0 Å². The zero-order valence-electron chi connectivity index (χ0n) is 11.3. The molecule has 7 heteroatoms. The van der Waals surface area contributed by atoms with Crippen molar-refractivity contribution in [1.82, 2.24) is 19.6 Å². The van der Waals surface area contributed by atoms with Crippen LogP contribution in [0.4, 0.5) is 10.6 Å². The largest absolute Gasteiger partial charge is 0.363 e. The summed E-state index contributed by atoms with van der Waals surface area (Å²) in [5, 5.41) is 6.35. The first-order valence-corrected chi connectivity index (χ1v) is 6.65. The van der Waals surface area contributed by atoms with Gasteiger partial charge < -0.3 is 14.0 Å². The van der Waals surface area contributed by atoms with Gasteiger partial charge in [0.25, 0.3) is 0 Å². The van der Waals surface area contributed by atoms with Gasteiger partial charge in [-0.15, -0.1) is 0 Å². The summed E-state index contributed by atoms with van der Waals surface area (Å²) in [6.45, 7) is 1.68. The molecule has 3 heterocycles. The third kappa shape index (κ3) is 2.66. The first kappa shape index (κ1) is 12.7. The molecule has 1 aliphatic heterocycles. The smallest absolute Gasteiger partial charge is 0.322 e. The number of hydrogen-bond acceptors (Lipinski definition) is 4. The number of carbonyl (C=O) groups excluding carboxylic acids is 1. The van der Waals surface area contributed by atoms with Crippen LogP contribution in [0.25, 0.3) is 0 Å². The van der Waals surface area contributed by atoms with E-state index in [1.165, 1.54) is 6.26 Å². The number of anilines is 1. The summed E-state index contributed by atoms with van der Waals surface area (Å²) in [5.74, 6) is 1.98. The lowest BCUT2D eigenvalue weighted by Gasteiger charge is -2.27. The molecule has 0 saturated carbocycles. The maximum atomic E-state index is 12.0. The molecular weight excluding hydrogens is 258 g/mol. The van der Waals surface area contributed by atoms with Gasteiger partial charge in [-0.2, -0.15) is 0 Å². The van der Waals surface area contributed by atoms with Crippen molar-refractivity contribution in [3.05, 3.63) is 30.5 Å². The lowest BCUT2D eigenvalue weighted by Crippen LogP contribution is -2.37. The van der Waals surface area contributed by atoms with Crippen molar-refractivity contribution >= 4 is 11.8 Å². The summed E-state index contributed by atoms with van der Waals surface area (Å²) in [5.41, 5.74) is 0. The van der Waals surface area contributed by atoms with Crippen molar-refractivity contribution in [3.8, 4) is 0 Å². The molecule has 1 unspecified atom stereocenters. The fourth-order valence-electron chi connectivity index (χ4n) is 2.52. The van der Waals surface area contributed by atoms with E-state index in [4.69, 9.17) is 0 Å². The van der Waals surface area contributed by atoms with E-state index in [-0.39, 0.29) is 6.03 Å². The Morgan fingerprint density at radius 1 is 1.65 bits per heavy atom. The summed E-state index contributed by atoms with van der Waals surface area (Å²) in [7, 11) is 1.79. The van der Waals surface area contributed by atoms with Gasteiger partial charge in [0.1, 0.15) is 12.1 Å². The molecule has 7 nitrogen and oxygen atoms in total. The molecule has 0 radical (unpaired) electrons. The molecular formula is C13H17N5O2. The highest BCUT2D eigenvalue weighted by Gasteiger charge is 2.22. The minimum absolute atomic E-state index is 0.173. The number of rotatable bonds is 3. The maximum absolute atomic E-state index is 12.0. The molecule has 1 aliphatic rings. The minimum Gasteiger partial charge on any atom is -0.363 e. The van der Waals surface area contributed by atoms with Crippen molar-refractivity contribution in [2.45, 2.75) is 19.4 Å². The lowest BCUT2D eigenvalue weighted by atomic mass is 9.97. The maximum Gasteiger partial charge on any atom is 0.322 e. The third-order valence-corrected chi connectivity index (χ3v) is 3.60. The molecule has 0 spiro atoms. The molecule has 0 fully saturated rings. The van der Waals surface area contributed by atoms with E-state index in [9.17, 15) is 4.79 Å².